The van der Waals surface area contributed by atoms with Crippen molar-refractivity contribution in [2.75, 3.05) is 23.3 Å². The molecule has 0 aliphatic carbocycles. The van der Waals surface area contributed by atoms with E-state index in [-0.39, 0.29) is 12.3 Å². The minimum absolute atomic E-state index is 0.0579. The molecular weight excluding hydrogens is 364 g/mol. The molecule has 0 fully saturated rings. The van der Waals surface area contributed by atoms with Gasteiger partial charge in [0.05, 0.1) is 12.5 Å². The highest BCUT2D eigenvalue weighted by Gasteiger charge is 2.17. The standard InChI is InChI=1S/C20H25ClN4O2/c1-3-25(4-2)17-11-9-16(10-12-17)23-19(26)13-18(24-20(22)27)14-5-7-15(21)8-6-14/h5-12,18H,3-4,13H2,1-2H3,(H,23,26)(H3,22,24,27). The second-order valence-corrected chi connectivity index (χ2v) is 6.52. The molecule has 0 saturated heterocycles. The maximum absolute atomic E-state index is 12.4. The van der Waals surface area contributed by atoms with Crippen molar-refractivity contribution in [3.63, 3.8) is 0 Å². The summed E-state index contributed by atoms with van der Waals surface area (Å²) in [4.78, 5) is 26.0. The van der Waals surface area contributed by atoms with E-state index >= 15 is 0 Å². The Kier molecular flexibility index (Phi) is 7.49. The zero-order valence-corrected chi connectivity index (χ0v) is 16.3. The first-order valence-corrected chi connectivity index (χ1v) is 9.27. The van der Waals surface area contributed by atoms with Crippen LogP contribution in [0.3, 0.4) is 0 Å². The fraction of sp³-hybridized carbons (Fsp3) is 0.300. The quantitative estimate of drug-likeness (QED) is 0.640. The first-order valence-electron chi connectivity index (χ1n) is 8.89. The predicted octanol–water partition coefficient (Wildman–Crippen LogP) is 3.92. The number of carbonyl (C=O) groups excluding carboxylic acids is 2. The molecule has 0 heterocycles. The van der Waals surface area contributed by atoms with Crippen molar-refractivity contribution in [1.82, 2.24) is 5.32 Å². The molecule has 0 saturated carbocycles. The number of nitrogens with one attached hydrogen (secondary N) is 2. The van der Waals surface area contributed by atoms with Gasteiger partial charge in [0.15, 0.2) is 0 Å². The molecule has 1 atom stereocenters. The third kappa shape index (κ3) is 6.18. The SMILES string of the molecule is CCN(CC)c1ccc(NC(=O)CC(NC(N)=O)c2ccc(Cl)cc2)cc1. The van der Waals surface area contributed by atoms with Crippen LogP contribution in [0.5, 0.6) is 0 Å². The van der Waals surface area contributed by atoms with Crippen LogP contribution in [0.4, 0.5) is 16.2 Å². The third-order valence-electron chi connectivity index (χ3n) is 4.26. The van der Waals surface area contributed by atoms with Crippen molar-refractivity contribution >= 4 is 34.9 Å². The van der Waals surface area contributed by atoms with Gasteiger partial charge in [-0.3, -0.25) is 4.79 Å². The van der Waals surface area contributed by atoms with E-state index in [1.165, 1.54) is 0 Å². The molecule has 0 bridgehead atoms. The average Bonchev–Trinajstić information content (AvgIpc) is 2.64. The van der Waals surface area contributed by atoms with Crippen LogP contribution in [0.2, 0.25) is 5.02 Å². The van der Waals surface area contributed by atoms with Crippen LogP contribution in [0.15, 0.2) is 48.5 Å². The molecule has 6 nitrogen and oxygen atoms in total. The number of amides is 3. The van der Waals surface area contributed by atoms with E-state index in [1.807, 2.05) is 24.3 Å². The van der Waals surface area contributed by atoms with Crippen molar-refractivity contribution in [1.29, 1.82) is 0 Å². The zero-order chi connectivity index (χ0) is 19.8. The summed E-state index contributed by atoms with van der Waals surface area (Å²) in [6.07, 6.45) is 0.0579. The summed E-state index contributed by atoms with van der Waals surface area (Å²) in [6.45, 7) is 6.04. The Bertz CT molecular complexity index is 759. The number of nitrogens with two attached hydrogens (primary N) is 1. The Morgan fingerprint density at radius 2 is 1.63 bits per heavy atom. The number of benzene rings is 2. The molecule has 3 amide bonds. The van der Waals surface area contributed by atoms with E-state index in [0.717, 1.165) is 24.3 Å². The van der Waals surface area contributed by atoms with Crippen LogP contribution in [0.1, 0.15) is 31.9 Å². The number of halogens is 1. The molecule has 0 aromatic heterocycles. The summed E-state index contributed by atoms with van der Waals surface area (Å²) in [5.74, 6) is -0.223. The fourth-order valence-electron chi connectivity index (χ4n) is 2.86. The summed E-state index contributed by atoms with van der Waals surface area (Å²) in [7, 11) is 0. The molecule has 1 unspecified atom stereocenters. The van der Waals surface area contributed by atoms with Gasteiger partial charge in [-0.1, -0.05) is 23.7 Å². The summed E-state index contributed by atoms with van der Waals surface area (Å²) in [6, 6.07) is 13.4. The van der Waals surface area contributed by atoms with Crippen molar-refractivity contribution < 1.29 is 9.59 Å². The van der Waals surface area contributed by atoms with E-state index in [1.54, 1.807) is 24.3 Å². The summed E-state index contributed by atoms with van der Waals surface area (Å²) < 4.78 is 0. The second kappa shape index (κ2) is 9.83. The van der Waals surface area contributed by atoms with Gasteiger partial charge < -0.3 is 21.3 Å². The number of carbonyl (C=O) groups is 2. The van der Waals surface area contributed by atoms with Gasteiger partial charge in [0.25, 0.3) is 0 Å². The minimum Gasteiger partial charge on any atom is -0.372 e. The van der Waals surface area contributed by atoms with Crippen molar-refractivity contribution in [3.05, 3.63) is 59.1 Å². The van der Waals surface area contributed by atoms with Gasteiger partial charge in [-0.05, 0) is 55.8 Å². The lowest BCUT2D eigenvalue weighted by Gasteiger charge is -2.21. The topological polar surface area (TPSA) is 87.5 Å². The van der Waals surface area contributed by atoms with Gasteiger partial charge in [0.1, 0.15) is 0 Å². The van der Waals surface area contributed by atoms with Crippen LogP contribution in [0, 0.1) is 0 Å². The Balaban J connectivity index is 2.04. The van der Waals surface area contributed by atoms with Gasteiger partial charge in [-0.2, -0.15) is 0 Å². The zero-order valence-electron chi connectivity index (χ0n) is 15.5. The largest absolute Gasteiger partial charge is 0.372 e. The molecule has 0 aliphatic heterocycles. The van der Waals surface area contributed by atoms with E-state index in [2.05, 4.69) is 29.4 Å². The van der Waals surface area contributed by atoms with E-state index < -0.39 is 12.1 Å². The molecule has 0 radical (unpaired) electrons. The predicted molar refractivity (Wildman–Crippen MR) is 110 cm³/mol. The van der Waals surface area contributed by atoms with Crippen molar-refractivity contribution in [2.24, 2.45) is 5.73 Å². The fourth-order valence-corrected chi connectivity index (χ4v) is 2.99. The van der Waals surface area contributed by atoms with Crippen LogP contribution >= 0.6 is 11.6 Å². The monoisotopic (exact) mass is 388 g/mol. The van der Waals surface area contributed by atoms with E-state index in [4.69, 9.17) is 17.3 Å². The number of rotatable bonds is 8. The number of nitrogens with zero attached hydrogens (tertiary/aromatic N) is 1. The summed E-state index contributed by atoms with van der Waals surface area (Å²) >= 11 is 5.90. The molecule has 4 N–H and O–H groups in total. The molecule has 27 heavy (non-hydrogen) atoms. The highest BCUT2D eigenvalue weighted by atomic mass is 35.5. The van der Waals surface area contributed by atoms with Gasteiger partial charge in [0, 0.05) is 29.5 Å². The number of anilines is 2. The van der Waals surface area contributed by atoms with E-state index in [9.17, 15) is 9.59 Å². The molecule has 144 valence electrons. The summed E-state index contributed by atoms with van der Waals surface area (Å²) in [5.41, 5.74) is 7.81. The van der Waals surface area contributed by atoms with Crippen molar-refractivity contribution in [2.45, 2.75) is 26.3 Å². The van der Waals surface area contributed by atoms with Gasteiger partial charge in [-0.25, -0.2) is 4.79 Å². The molecule has 2 aromatic carbocycles. The smallest absolute Gasteiger partial charge is 0.312 e. The van der Waals surface area contributed by atoms with Crippen LogP contribution in [-0.2, 0) is 4.79 Å². The maximum atomic E-state index is 12.4. The lowest BCUT2D eigenvalue weighted by atomic mass is 10.0. The molecule has 2 rings (SSSR count). The molecule has 7 heteroatoms. The number of hydrogen-bond donors (Lipinski definition) is 3. The Hall–Kier alpha value is -2.73. The van der Waals surface area contributed by atoms with Crippen LogP contribution in [0.25, 0.3) is 0 Å². The highest BCUT2D eigenvalue weighted by molar-refractivity contribution is 6.30. The molecule has 0 aliphatic rings. The average molecular weight is 389 g/mol. The van der Waals surface area contributed by atoms with Gasteiger partial charge >= 0.3 is 6.03 Å². The normalized spacial score (nSPS) is 11.5. The minimum atomic E-state index is -0.689. The third-order valence-corrected chi connectivity index (χ3v) is 4.51. The second-order valence-electron chi connectivity index (χ2n) is 6.08. The molecule has 2 aromatic rings. The van der Waals surface area contributed by atoms with E-state index in [0.29, 0.717) is 10.7 Å². The lowest BCUT2D eigenvalue weighted by Crippen LogP contribution is -2.35. The molecule has 0 spiro atoms. The number of urea groups is 1. The number of primary amides is 1. The Labute approximate surface area is 164 Å². The Morgan fingerprint density at radius 1 is 1.04 bits per heavy atom. The van der Waals surface area contributed by atoms with Gasteiger partial charge in [0.2, 0.25) is 5.91 Å². The summed E-state index contributed by atoms with van der Waals surface area (Å²) in [5, 5.41) is 6.03. The highest BCUT2D eigenvalue weighted by Crippen LogP contribution is 2.21. The number of hydrogen-bond acceptors (Lipinski definition) is 3. The Morgan fingerprint density at radius 3 is 2.15 bits per heavy atom. The maximum Gasteiger partial charge on any atom is 0.312 e. The van der Waals surface area contributed by atoms with Crippen LogP contribution in [-0.4, -0.2) is 25.0 Å². The van der Waals surface area contributed by atoms with Gasteiger partial charge in [-0.15, -0.1) is 0 Å². The first kappa shape index (κ1) is 20.6. The van der Waals surface area contributed by atoms with Crippen LogP contribution < -0.4 is 21.3 Å². The van der Waals surface area contributed by atoms with Crippen molar-refractivity contribution in [3.8, 4) is 0 Å². The first-order chi connectivity index (χ1) is 12.9. The molecular formula is C20H25ClN4O2. The lowest BCUT2D eigenvalue weighted by molar-refractivity contribution is -0.116.